The maximum Gasteiger partial charge on any atom is 0.264 e. The molecule has 7 nitrogen and oxygen atoms in total. The minimum atomic E-state index is -0.482. The quantitative estimate of drug-likeness (QED) is 0.869. The lowest BCUT2D eigenvalue weighted by Gasteiger charge is -2.35. The Balaban J connectivity index is 1.86. The monoisotopic (exact) mass is 354 g/mol. The van der Waals surface area contributed by atoms with Crippen molar-refractivity contribution in [3.63, 3.8) is 0 Å². The van der Waals surface area contributed by atoms with Crippen LogP contribution in [0.3, 0.4) is 0 Å². The Morgan fingerprint density at radius 2 is 2.00 bits per heavy atom. The summed E-state index contributed by atoms with van der Waals surface area (Å²) in [4.78, 5) is 45.0. The fourth-order valence-corrected chi connectivity index (χ4v) is 3.27. The van der Waals surface area contributed by atoms with Crippen molar-refractivity contribution in [2.24, 2.45) is 5.73 Å². The van der Waals surface area contributed by atoms with Crippen molar-refractivity contribution in [3.05, 3.63) is 51.9 Å². The molecule has 1 aromatic heterocycles. The summed E-state index contributed by atoms with van der Waals surface area (Å²) in [6, 6.07) is 7.32. The molecule has 136 valence electrons. The van der Waals surface area contributed by atoms with E-state index in [1.54, 1.807) is 4.90 Å². The van der Waals surface area contributed by atoms with Gasteiger partial charge in [0.15, 0.2) is 0 Å². The van der Waals surface area contributed by atoms with Crippen molar-refractivity contribution < 1.29 is 9.59 Å². The third-order valence-corrected chi connectivity index (χ3v) is 4.68. The molecule has 2 amide bonds. The zero-order valence-corrected chi connectivity index (χ0v) is 14.7. The van der Waals surface area contributed by atoms with E-state index in [2.05, 4.69) is 9.97 Å². The predicted octanol–water partition coefficient (Wildman–Crippen LogP) is 1.62. The summed E-state index contributed by atoms with van der Waals surface area (Å²) in [6.45, 7) is 2.48. The standard InChI is InChI=1S/C19H22N4O3/c1-12-5-7-13(8-6-12)17-21-11-15(18(25)22-17)19(26)23-9-3-2-4-14(23)10-16(20)24/h5-8,11,14H,2-4,9-10H2,1H3,(H2,20,24)(H,21,22,25). The largest absolute Gasteiger partial charge is 0.370 e. The van der Waals surface area contributed by atoms with Gasteiger partial charge in [-0.1, -0.05) is 29.8 Å². The van der Waals surface area contributed by atoms with Crippen LogP contribution in [0.1, 0.15) is 41.6 Å². The first-order chi connectivity index (χ1) is 12.5. The third-order valence-electron chi connectivity index (χ3n) is 4.68. The number of piperidine rings is 1. The Hall–Kier alpha value is -2.96. The summed E-state index contributed by atoms with van der Waals surface area (Å²) in [7, 11) is 0. The minimum Gasteiger partial charge on any atom is -0.370 e. The van der Waals surface area contributed by atoms with E-state index in [1.165, 1.54) is 6.20 Å². The first-order valence-electron chi connectivity index (χ1n) is 8.71. The number of hydrogen-bond acceptors (Lipinski definition) is 4. The molecular weight excluding hydrogens is 332 g/mol. The topological polar surface area (TPSA) is 109 Å². The van der Waals surface area contributed by atoms with Crippen molar-refractivity contribution in [2.75, 3.05) is 6.54 Å². The van der Waals surface area contributed by atoms with E-state index >= 15 is 0 Å². The molecule has 1 aromatic carbocycles. The molecule has 0 bridgehead atoms. The number of rotatable bonds is 4. The predicted molar refractivity (Wildman–Crippen MR) is 97.5 cm³/mol. The number of H-pyrrole nitrogens is 1. The number of benzene rings is 1. The summed E-state index contributed by atoms with van der Waals surface area (Å²) < 4.78 is 0. The van der Waals surface area contributed by atoms with Gasteiger partial charge < -0.3 is 15.6 Å². The van der Waals surface area contributed by atoms with Gasteiger partial charge in [0.2, 0.25) is 5.91 Å². The number of carbonyl (C=O) groups excluding carboxylic acids is 2. The number of primary amides is 1. The van der Waals surface area contributed by atoms with Crippen LogP contribution in [0.15, 0.2) is 35.3 Å². The van der Waals surface area contributed by atoms with E-state index in [9.17, 15) is 14.4 Å². The van der Waals surface area contributed by atoms with Crippen LogP contribution in [-0.4, -0.2) is 39.3 Å². The SMILES string of the molecule is Cc1ccc(-c2ncc(C(=O)N3CCCCC3CC(N)=O)c(=O)[nH]2)cc1. The maximum atomic E-state index is 12.8. The third kappa shape index (κ3) is 3.82. The zero-order valence-electron chi connectivity index (χ0n) is 14.7. The Morgan fingerprint density at radius 3 is 2.65 bits per heavy atom. The number of amides is 2. The highest BCUT2D eigenvalue weighted by molar-refractivity contribution is 5.94. The van der Waals surface area contributed by atoms with Crippen molar-refractivity contribution >= 4 is 11.8 Å². The molecule has 2 heterocycles. The van der Waals surface area contributed by atoms with Gasteiger partial charge in [-0.15, -0.1) is 0 Å². The number of hydrogen-bond donors (Lipinski definition) is 2. The molecule has 1 saturated heterocycles. The van der Waals surface area contributed by atoms with Crippen molar-refractivity contribution in [3.8, 4) is 11.4 Å². The van der Waals surface area contributed by atoms with Crippen LogP contribution in [0, 0.1) is 6.92 Å². The number of aromatic nitrogens is 2. The van der Waals surface area contributed by atoms with E-state index in [0.717, 1.165) is 24.0 Å². The fraction of sp³-hybridized carbons (Fsp3) is 0.368. The van der Waals surface area contributed by atoms with Crippen LogP contribution in [0.5, 0.6) is 0 Å². The molecule has 3 rings (SSSR count). The molecule has 0 radical (unpaired) electrons. The average molecular weight is 354 g/mol. The Morgan fingerprint density at radius 1 is 1.27 bits per heavy atom. The van der Waals surface area contributed by atoms with Gasteiger partial charge >= 0.3 is 0 Å². The van der Waals surface area contributed by atoms with Crippen molar-refractivity contribution in [2.45, 2.75) is 38.6 Å². The lowest BCUT2D eigenvalue weighted by molar-refractivity contribution is -0.119. The summed E-state index contributed by atoms with van der Waals surface area (Å²) in [5.41, 5.74) is 6.67. The van der Waals surface area contributed by atoms with Crippen LogP contribution in [-0.2, 0) is 4.79 Å². The molecule has 1 fully saturated rings. The smallest absolute Gasteiger partial charge is 0.264 e. The number of aryl methyl sites for hydroxylation is 1. The molecule has 26 heavy (non-hydrogen) atoms. The second kappa shape index (κ2) is 7.51. The highest BCUT2D eigenvalue weighted by Gasteiger charge is 2.30. The van der Waals surface area contributed by atoms with Gasteiger partial charge in [-0.05, 0) is 26.2 Å². The summed E-state index contributed by atoms with van der Waals surface area (Å²) in [5, 5.41) is 0. The molecule has 2 aromatic rings. The lowest BCUT2D eigenvalue weighted by Crippen LogP contribution is -2.46. The summed E-state index contributed by atoms with van der Waals surface area (Å²) in [5.74, 6) is -0.435. The Kier molecular flexibility index (Phi) is 5.16. The molecule has 0 saturated carbocycles. The molecule has 1 unspecified atom stereocenters. The first kappa shape index (κ1) is 17.8. The molecule has 3 N–H and O–H groups in total. The van der Waals surface area contributed by atoms with Gasteiger partial charge in [0.25, 0.3) is 11.5 Å². The van der Waals surface area contributed by atoms with Gasteiger partial charge in [-0.2, -0.15) is 0 Å². The van der Waals surface area contributed by atoms with Crippen LogP contribution < -0.4 is 11.3 Å². The van der Waals surface area contributed by atoms with E-state index in [0.29, 0.717) is 18.8 Å². The zero-order chi connectivity index (χ0) is 18.7. The number of aromatic amines is 1. The molecule has 0 spiro atoms. The number of nitrogens with one attached hydrogen (secondary N) is 1. The first-order valence-corrected chi connectivity index (χ1v) is 8.71. The van der Waals surface area contributed by atoms with Crippen molar-refractivity contribution in [1.82, 2.24) is 14.9 Å². The maximum absolute atomic E-state index is 12.8. The van der Waals surface area contributed by atoms with Gasteiger partial charge in [0.05, 0.1) is 0 Å². The Labute approximate surface area is 151 Å². The van der Waals surface area contributed by atoms with Gasteiger partial charge in [-0.3, -0.25) is 14.4 Å². The highest BCUT2D eigenvalue weighted by atomic mass is 16.2. The second-order valence-corrected chi connectivity index (χ2v) is 6.66. The average Bonchev–Trinajstić information content (AvgIpc) is 2.62. The van der Waals surface area contributed by atoms with E-state index in [1.807, 2.05) is 31.2 Å². The lowest BCUT2D eigenvalue weighted by atomic mass is 9.98. The fourth-order valence-electron chi connectivity index (χ4n) is 3.27. The van der Waals surface area contributed by atoms with Crippen LogP contribution in [0.4, 0.5) is 0 Å². The van der Waals surface area contributed by atoms with Crippen LogP contribution in [0.2, 0.25) is 0 Å². The van der Waals surface area contributed by atoms with Gasteiger partial charge in [-0.25, -0.2) is 4.98 Å². The molecule has 1 aliphatic heterocycles. The van der Waals surface area contributed by atoms with Crippen LogP contribution >= 0.6 is 0 Å². The molecular formula is C19H22N4O3. The van der Waals surface area contributed by atoms with Crippen molar-refractivity contribution in [1.29, 1.82) is 0 Å². The summed E-state index contributed by atoms with van der Waals surface area (Å²) in [6.07, 6.45) is 3.91. The highest BCUT2D eigenvalue weighted by Crippen LogP contribution is 2.21. The van der Waals surface area contributed by atoms with E-state index in [-0.39, 0.29) is 18.0 Å². The Bertz CT molecular complexity index is 873. The van der Waals surface area contributed by atoms with Gasteiger partial charge in [0.1, 0.15) is 11.4 Å². The molecule has 1 aliphatic rings. The second-order valence-electron chi connectivity index (χ2n) is 6.66. The number of nitrogens with two attached hydrogens (primary N) is 1. The normalized spacial score (nSPS) is 17.1. The van der Waals surface area contributed by atoms with Gasteiger partial charge in [0, 0.05) is 30.8 Å². The van der Waals surface area contributed by atoms with Crippen LogP contribution in [0.25, 0.3) is 11.4 Å². The van der Waals surface area contributed by atoms with E-state index in [4.69, 9.17) is 5.73 Å². The number of likely N-dealkylation sites (tertiary alicyclic amines) is 1. The molecule has 7 heteroatoms. The number of carbonyl (C=O) groups is 2. The number of nitrogens with zero attached hydrogens (tertiary/aromatic N) is 2. The van der Waals surface area contributed by atoms with E-state index < -0.39 is 17.4 Å². The summed E-state index contributed by atoms with van der Waals surface area (Å²) >= 11 is 0. The minimum absolute atomic E-state index is 0.0165. The molecule has 0 aliphatic carbocycles. The molecule has 1 atom stereocenters.